The number of carbonyl (C=O) groups excluding carboxylic acids is 3. The molecule has 7 nitrogen and oxygen atoms in total. The Balaban J connectivity index is 1.64. The monoisotopic (exact) mass is 498 g/mol. The number of aromatic hydroxyl groups is 1. The topological polar surface area (TPSA) is 110 Å². The van der Waals surface area contributed by atoms with Crippen LogP contribution in [-0.2, 0) is 19.1 Å². The van der Waals surface area contributed by atoms with Crippen molar-refractivity contribution in [1.82, 2.24) is 0 Å². The molecule has 0 amide bonds. The van der Waals surface area contributed by atoms with Crippen LogP contribution in [0.1, 0.15) is 70.2 Å². The van der Waals surface area contributed by atoms with Crippen molar-refractivity contribution in [3.05, 3.63) is 42.5 Å². The Kier molecular flexibility index (Phi) is 6.84. The summed E-state index contributed by atoms with van der Waals surface area (Å²) in [6.45, 7) is 11.5. The number of para-hydroxylation sites is 1. The van der Waals surface area contributed by atoms with E-state index >= 15 is 0 Å². The minimum atomic E-state index is -0.829. The number of hydrogen-bond donors (Lipinski definition) is 2. The molecule has 0 aliphatic heterocycles. The zero-order chi connectivity index (χ0) is 26.5. The van der Waals surface area contributed by atoms with Crippen LogP contribution in [0, 0.1) is 34.0 Å². The third-order valence-corrected chi connectivity index (χ3v) is 10.0. The van der Waals surface area contributed by atoms with Crippen molar-refractivity contribution in [2.24, 2.45) is 34.0 Å². The minimum Gasteiger partial charge on any atom is -0.507 e. The van der Waals surface area contributed by atoms with Gasteiger partial charge in [0.15, 0.2) is 6.61 Å². The third-order valence-electron chi connectivity index (χ3n) is 10.0. The molecule has 196 valence electrons. The van der Waals surface area contributed by atoms with Crippen molar-refractivity contribution >= 4 is 17.7 Å². The van der Waals surface area contributed by atoms with E-state index in [0.717, 1.165) is 19.3 Å². The summed E-state index contributed by atoms with van der Waals surface area (Å²) in [5.41, 5.74) is -1.77. The third kappa shape index (κ3) is 3.96. The fourth-order valence-corrected chi connectivity index (χ4v) is 7.54. The molecular formula is C29H38O7. The number of carbonyl (C=O) groups is 3. The molecule has 2 bridgehead atoms. The molecule has 3 saturated carbocycles. The average molecular weight is 499 g/mol. The second-order valence-electron chi connectivity index (χ2n) is 11.7. The molecule has 3 aliphatic rings. The zero-order valence-corrected chi connectivity index (χ0v) is 21.7. The first-order chi connectivity index (χ1) is 16.9. The van der Waals surface area contributed by atoms with E-state index < -0.39 is 41.6 Å². The quantitative estimate of drug-likeness (QED) is 0.456. The summed E-state index contributed by atoms with van der Waals surface area (Å²) in [6, 6.07) is 5.94. The molecule has 0 unspecified atom stereocenters. The van der Waals surface area contributed by atoms with Crippen LogP contribution < -0.4 is 0 Å². The number of rotatable bonds is 5. The number of ketones is 1. The van der Waals surface area contributed by atoms with E-state index in [4.69, 9.17) is 9.47 Å². The molecule has 7 heteroatoms. The minimum absolute atomic E-state index is 0.0400. The van der Waals surface area contributed by atoms with Crippen LogP contribution in [0.4, 0.5) is 0 Å². The summed E-state index contributed by atoms with van der Waals surface area (Å²) in [4.78, 5) is 38.8. The molecule has 3 aliphatic carbocycles. The summed E-state index contributed by atoms with van der Waals surface area (Å²) in [6.07, 6.45) is 3.54. The van der Waals surface area contributed by atoms with Crippen LogP contribution >= 0.6 is 0 Å². The number of phenols is 1. The van der Waals surface area contributed by atoms with Gasteiger partial charge < -0.3 is 19.7 Å². The normalized spacial score (nSPS) is 39.9. The van der Waals surface area contributed by atoms with Crippen LogP contribution in [0.25, 0.3) is 0 Å². The van der Waals surface area contributed by atoms with E-state index in [9.17, 15) is 24.6 Å². The number of aliphatic hydroxyl groups excluding tert-OH is 1. The predicted molar refractivity (Wildman–Crippen MR) is 133 cm³/mol. The maximum absolute atomic E-state index is 13.4. The standard InChI is InChI=1S/C29H38O7/c1-6-27(4)15-22(36-23(32)16-35-26(34)19-9-7-8-10-20(19)30)28(5)17(2)11-13-29(18(3)25(27)33)14-12-21(31)24(28)29/h6-10,17-18,22,24-25,30,33H,1,11-16H2,2-5H3/t17-,18+,22-,24+,25+,27-,28+,29+/m1/s1. The lowest BCUT2D eigenvalue weighted by Crippen LogP contribution is -2.63. The molecule has 0 aromatic heterocycles. The van der Waals surface area contributed by atoms with Crippen molar-refractivity contribution in [3.63, 3.8) is 0 Å². The first-order valence-corrected chi connectivity index (χ1v) is 12.9. The highest BCUT2D eigenvalue weighted by molar-refractivity contribution is 5.93. The van der Waals surface area contributed by atoms with Gasteiger partial charge in [0.25, 0.3) is 0 Å². The van der Waals surface area contributed by atoms with Gasteiger partial charge >= 0.3 is 11.9 Å². The van der Waals surface area contributed by atoms with Gasteiger partial charge in [-0.2, -0.15) is 0 Å². The first-order valence-electron chi connectivity index (χ1n) is 12.9. The van der Waals surface area contributed by atoms with Crippen molar-refractivity contribution in [1.29, 1.82) is 0 Å². The Hall–Kier alpha value is -2.67. The van der Waals surface area contributed by atoms with Crippen LogP contribution in [0.2, 0.25) is 0 Å². The summed E-state index contributed by atoms with van der Waals surface area (Å²) >= 11 is 0. The Morgan fingerprint density at radius 2 is 1.89 bits per heavy atom. The summed E-state index contributed by atoms with van der Waals surface area (Å²) in [5.74, 6) is -1.94. The lowest BCUT2D eigenvalue weighted by molar-refractivity contribution is -0.207. The van der Waals surface area contributed by atoms with E-state index in [1.165, 1.54) is 12.1 Å². The molecule has 0 saturated heterocycles. The molecule has 8 atom stereocenters. The van der Waals surface area contributed by atoms with Gasteiger partial charge in [-0.15, -0.1) is 6.58 Å². The number of esters is 2. The van der Waals surface area contributed by atoms with Gasteiger partial charge in [-0.1, -0.05) is 45.9 Å². The van der Waals surface area contributed by atoms with Crippen molar-refractivity contribution in [3.8, 4) is 5.75 Å². The van der Waals surface area contributed by atoms with Gasteiger partial charge in [-0.3, -0.25) is 4.79 Å². The largest absolute Gasteiger partial charge is 0.507 e. The molecule has 0 radical (unpaired) electrons. The molecule has 4 rings (SSSR count). The van der Waals surface area contributed by atoms with Crippen molar-refractivity contribution < 1.29 is 34.1 Å². The Labute approximate surface area is 212 Å². The molecular weight excluding hydrogens is 460 g/mol. The first kappa shape index (κ1) is 26.4. The van der Waals surface area contributed by atoms with Gasteiger partial charge in [-0.25, -0.2) is 9.59 Å². The van der Waals surface area contributed by atoms with Crippen molar-refractivity contribution in [2.75, 3.05) is 6.61 Å². The molecule has 3 fully saturated rings. The predicted octanol–water partition coefficient (Wildman–Crippen LogP) is 4.46. The Bertz CT molecular complexity index is 1070. The van der Waals surface area contributed by atoms with Crippen LogP contribution in [0.3, 0.4) is 0 Å². The lowest BCUT2D eigenvalue weighted by Gasteiger charge is -2.61. The van der Waals surface area contributed by atoms with Gasteiger partial charge in [-0.05, 0) is 55.1 Å². The highest BCUT2D eigenvalue weighted by Gasteiger charge is 2.68. The molecule has 1 aromatic rings. The summed E-state index contributed by atoms with van der Waals surface area (Å²) < 4.78 is 11.2. The number of phenolic OH excluding ortho intramolecular Hbond substituents is 1. The molecule has 36 heavy (non-hydrogen) atoms. The van der Waals surface area contributed by atoms with Crippen molar-refractivity contribution in [2.45, 2.75) is 72.0 Å². The molecule has 0 heterocycles. The molecule has 2 N–H and O–H groups in total. The number of hydrogen-bond acceptors (Lipinski definition) is 7. The summed E-state index contributed by atoms with van der Waals surface area (Å²) in [5, 5.41) is 21.4. The maximum atomic E-state index is 13.4. The van der Waals surface area contributed by atoms with E-state index in [2.05, 4.69) is 27.4 Å². The van der Waals surface area contributed by atoms with Crippen LogP contribution in [-0.4, -0.2) is 46.7 Å². The number of Topliss-reactive ketones (excluding diaryl/α,β-unsaturated/α-hetero) is 1. The fourth-order valence-electron chi connectivity index (χ4n) is 7.54. The molecule has 0 spiro atoms. The second kappa shape index (κ2) is 9.33. The number of aliphatic hydroxyl groups is 1. The molecule has 1 aromatic carbocycles. The SMILES string of the molecule is C=C[C@]1(C)C[C@@H](OC(=O)COC(=O)c2ccccc2O)[C@]2(C)[C@H](C)CC[C@]3(CCC(=O)[C@H]32)[C@@H](C)[C@@H]1O. The lowest BCUT2D eigenvalue weighted by atomic mass is 9.44. The van der Waals surface area contributed by atoms with Gasteiger partial charge in [0.05, 0.1) is 6.10 Å². The highest BCUT2D eigenvalue weighted by atomic mass is 16.6. The van der Waals surface area contributed by atoms with E-state index in [1.54, 1.807) is 18.2 Å². The van der Waals surface area contributed by atoms with Gasteiger partial charge in [0, 0.05) is 23.2 Å². The Morgan fingerprint density at radius 3 is 2.56 bits per heavy atom. The van der Waals surface area contributed by atoms with Gasteiger partial charge in [0.1, 0.15) is 23.2 Å². The van der Waals surface area contributed by atoms with E-state index in [-0.39, 0.29) is 40.3 Å². The number of benzene rings is 1. The Morgan fingerprint density at radius 1 is 1.19 bits per heavy atom. The van der Waals surface area contributed by atoms with E-state index in [0.29, 0.717) is 12.8 Å². The van der Waals surface area contributed by atoms with Crippen LogP contribution in [0.5, 0.6) is 5.75 Å². The smallest absolute Gasteiger partial charge is 0.344 e. The van der Waals surface area contributed by atoms with Gasteiger partial charge in [0.2, 0.25) is 0 Å². The number of ether oxygens (including phenoxy) is 2. The highest BCUT2D eigenvalue weighted by Crippen LogP contribution is 2.67. The van der Waals surface area contributed by atoms with Crippen LogP contribution in [0.15, 0.2) is 36.9 Å². The second-order valence-corrected chi connectivity index (χ2v) is 11.7. The zero-order valence-electron chi connectivity index (χ0n) is 21.7. The maximum Gasteiger partial charge on any atom is 0.344 e. The summed E-state index contributed by atoms with van der Waals surface area (Å²) in [7, 11) is 0. The van der Waals surface area contributed by atoms with E-state index in [1.807, 2.05) is 6.92 Å². The fraction of sp³-hybridized carbons (Fsp3) is 0.621. The average Bonchev–Trinajstić information content (AvgIpc) is 3.21.